The highest BCUT2D eigenvalue weighted by Gasteiger charge is 2.30. The zero-order valence-electron chi connectivity index (χ0n) is 9.56. The highest BCUT2D eigenvalue weighted by atomic mass is 15.2. The van der Waals surface area contributed by atoms with Crippen LogP contribution in [0.4, 0.5) is 0 Å². The molecule has 82 valence electrons. The Balaban J connectivity index is 2.11. The summed E-state index contributed by atoms with van der Waals surface area (Å²) in [6.07, 6.45) is 1.12. The highest BCUT2D eigenvalue weighted by Crippen LogP contribution is 2.28. The van der Waals surface area contributed by atoms with Gasteiger partial charge in [-0.05, 0) is 25.8 Å². The van der Waals surface area contributed by atoms with Crippen LogP contribution >= 0.6 is 0 Å². The highest BCUT2D eigenvalue weighted by molar-refractivity contribution is 5.19. The van der Waals surface area contributed by atoms with E-state index in [1.54, 1.807) is 0 Å². The van der Waals surface area contributed by atoms with E-state index in [1.165, 1.54) is 5.56 Å². The minimum absolute atomic E-state index is 0.353. The fourth-order valence-electron chi connectivity index (χ4n) is 2.56. The van der Waals surface area contributed by atoms with Crippen molar-refractivity contribution in [2.24, 2.45) is 5.73 Å². The van der Waals surface area contributed by atoms with Crippen LogP contribution in [0, 0.1) is 0 Å². The lowest BCUT2D eigenvalue weighted by atomic mass is 10.1. The normalized spacial score (nSPS) is 29.3. The maximum absolute atomic E-state index is 5.99. The Labute approximate surface area is 92.1 Å². The maximum atomic E-state index is 5.99. The Morgan fingerprint density at radius 3 is 2.53 bits per heavy atom. The molecule has 0 saturated carbocycles. The molecule has 1 heterocycles. The monoisotopic (exact) mass is 204 g/mol. The number of rotatable bonds is 2. The molecule has 1 aliphatic heterocycles. The maximum Gasteiger partial charge on any atom is 0.0323 e. The molecular formula is C13H20N2. The molecule has 0 spiro atoms. The van der Waals surface area contributed by atoms with Crippen LogP contribution in [0.3, 0.4) is 0 Å². The summed E-state index contributed by atoms with van der Waals surface area (Å²) < 4.78 is 0. The summed E-state index contributed by atoms with van der Waals surface area (Å²) in [6, 6.07) is 12.1. The van der Waals surface area contributed by atoms with Gasteiger partial charge in [0.05, 0.1) is 0 Å². The third-order valence-corrected chi connectivity index (χ3v) is 3.43. The van der Waals surface area contributed by atoms with Crippen molar-refractivity contribution < 1.29 is 0 Å². The molecule has 1 unspecified atom stereocenters. The van der Waals surface area contributed by atoms with E-state index in [0.29, 0.717) is 18.1 Å². The van der Waals surface area contributed by atoms with Gasteiger partial charge in [-0.2, -0.15) is 0 Å². The molecule has 0 radical (unpaired) electrons. The van der Waals surface area contributed by atoms with Gasteiger partial charge in [0, 0.05) is 24.7 Å². The first-order valence-electron chi connectivity index (χ1n) is 5.74. The van der Waals surface area contributed by atoms with Crippen LogP contribution < -0.4 is 5.73 Å². The van der Waals surface area contributed by atoms with Crippen LogP contribution in [-0.4, -0.2) is 23.5 Å². The number of benzene rings is 1. The summed E-state index contributed by atoms with van der Waals surface area (Å²) >= 11 is 0. The molecular weight excluding hydrogens is 184 g/mol. The Hall–Kier alpha value is -0.860. The molecule has 1 saturated heterocycles. The number of hydrogen-bond acceptors (Lipinski definition) is 2. The van der Waals surface area contributed by atoms with E-state index >= 15 is 0 Å². The van der Waals surface area contributed by atoms with Crippen LogP contribution in [0.2, 0.25) is 0 Å². The molecule has 1 aromatic carbocycles. The van der Waals surface area contributed by atoms with Crippen molar-refractivity contribution >= 4 is 0 Å². The zero-order valence-corrected chi connectivity index (χ0v) is 9.56. The second-order valence-electron chi connectivity index (χ2n) is 4.63. The van der Waals surface area contributed by atoms with Crippen LogP contribution in [0.5, 0.6) is 0 Å². The summed E-state index contributed by atoms with van der Waals surface area (Å²) in [4.78, 5) is 2.50. The fraction of sp³-hybridized carbons (Fsp3) is 0.538. The van der Waals surface area contributed by atoms with Gasteiger partial charge in [0.1, 0.15) is 0 Å². The van der Waals surface area contributed by atoms with E-state index in [1.807, 2.05) is 0 Å². The smallest absolute Gasteiger partial charge is 0.0323 e. The second-order valence-corrected chi connectivity index (χ2v) is 4.63. The van der Waals surface area contributed by atoms with Crippen molar-refractivity contribution in [2.75, 3.05) is 6.54 Å². The van der Waals surface area contributed by atoms with E-state index < -0.39 is 0 Å². The second kappa shape index (κ2) is 4.33. The summed E-state index contributed by atoms with van der Waals surface area (Å²) in [5.74, 6) is 0. The first-order chi connectivity index (χ1) is 7.18. The van der Waals surface area contributed by atoms with E-state index in [0.717, 1.165) is 13.0 Å². The SMILES string of the molecule is CC(c1ccccc1)N1C[C@@H](N)C[C@@H]1C. The minimum Gasteiger partial charge on any atom is -0.326 e. The number of nitrogens with two attached hydrogens (primary N) is 1. The van der Waals surface area contributed by atoms with E-state index in [4.69, 9.17) is 5.73 Å². The molecule has 0 aliphatic carbocycles. The van der Waals surface area contributed by atoms with Gasteiger partial charge in [-0.25, -0.2) is 0 Å². The molecule has 0 bridgehead atoms. The summed E-state index contributed by atoms with van der Waals surface area (Å²) in [5.41, 5.74) is 7.38. The third kappa shape index (κ3) is 2.21. The quantitative estimate of drug-likeness (QED) is 0.800. The molecule has 0 aromatic heterocycles. The Bertz CT molecular complexity index is 310. The molecule has 15 heavy (non-hydrogen) atoms. The standard InChI is InChI=1S/C13H20N2/c1-10-8-13(14)9-15(10)11(2)12-6-4-3-5-7-12/h3-7,10-11,13H,8-9,14H2,1-2H3/t10-,11?,13-/m0/s1. The Kier molecular flexibility index (Phi) is 3.08. The lowest BCUT2D eigenvalue weighted by Gasteiger charge is -2.28. The minimum atomic E-state index is 0.353. The van der Waals surface area contributed by atoms with Crippen molar-refractivity contribution in [3.05, 3.63) is 35.9 Å². The average Bonchev–Trinajstić information content (AvgIpc) is 2.58. The summed E-state index contributed by atoms with van der Waals surface area (Å²) in [6.45, 7) is 5.56. The molecule has 0 amide bonds. The molecule has 2 rings (SSSR count). The molecule has 1 fully saturated rings. The largest absolute Gasteiger partial charge is 0.326 e. The van der Waals surface area contributed by atoms with Crippen LogP contribution in [0.1, 0.15) is 31.9 Å². The predicted octanol–water partition coefficient (Wildman–Crippen LogP) is 2.17. The molecule has 2 nitrogen and oxygen atoms in total. The molecule has 2 N–H and O–H groups in total. The van der Waals surface area contributed by atoms with Gasteiger partial charge in [0.15, 0.2) is 0 Å². The fourth-order valence-corrected chi connectivity index (χ4v) is 2.56. The number of hydrogen-bond donors (Lipinski definition) is 1. The van der Waals surface area contributed by atoms with Gasteiger partial charge < -0.3 is 5.73 Å². The first kappa shape index (κ1) is 10.7. The van der Waals surface area contributed by atoms with E-state index in [9.17, 15) is 0 Å². The van der Waals surface area contributed by atoms with E-state index in [-0.39, 0.29) is 0 Å². The topological polar surface area (TPSA) is 29.3 Å². The Morgan fingerprint density at radius 2 is 2.00 bits per heavy atom. The van der Waals surface area contributed by atoms with Gasteiger partial charge in [0.2, 0.25) is 0 Å². The van der Waals surface area contributed by atoms with Crippen molar-refractivity contribution in [3.63, 3.8) is 0 Å². The third-order valence-electron chi connectivity index (χ3n) is 3.43. The summed E-state index contributed by atoms with van der Waals surface area (Å²) in [7, 11) is 0. The average molecular weight is 204 g/mol. The van der Waals surface area contributed by atoms with Crippen molar-refractivity contribution in [2.45, 2.75) is 38.4 Å². The van der Waals surface area contributed by atoms with Gasteiger partial charge in [-0.15, -0.1) is 0 Å². The van der Waals surface area contributed by atoms with Crippen molar-refractivity contribution in [3.8, 4) is 0 Å². The number of likely N-dealkylation sites (tertiary alicyclic amines) is 1. The van der Waals surface area contributed by atoms with Crippen LogP contribution in [-0.2, 0) is 0 Å². The molecule has 1 aliphatic rings. The molecule has 3 atom stereocenters. The number of nitrogens with zero attached hydrogens (tertiary/aromatic N) is 1. The molecule has 1 aromatic rings. The van der Waals surface area contributed by atoms with Crippen molar-refractivity contribution in [1.29, 1.82) is 0 Å². The summed E-state index contributed by atoms with van der Waals surface area (Å²) in [5, 5.41) is 0. The van der Waals surface area contributed by atoms with Gasteiger partial charge >= 0.3 is 0 Å². The van der Waals surface area contributed by atoms with E-state index in [2.05, 4.69) is 49.1 Å². The van der Waals surface area contributed by atoms with Gasteiger partial charge in [-0.3, -0.25) is 4.90 Å². The lowest BCUT2D eigenvalue weighted by molar-refractivity contribution is 0.203. The van der Waals surface area contributed by atoms with Gasteiger partial charge in [-0.1, -0.05) is 30.3 Å². The van der Waals surface area contributed by atoms with Crippen molar-refractivity contribution in [1.82, 2.24) is 4.90 Å². The van der Waals surface area contributed by atoms with Crippen LogP contribution in [0.25, 0.3) is 0 Å². The molecule has 2 heteroatoms. The Morgan fingerprint density at radius 1 is 1.33 bits per heavy atom. The van der Waals surface area contributed by atoms with Gasteiger partial charge in [0.25, 0.3) is 0 Å². The van der Waals surface area contributed by atoms with Crippen LogP contribution in [0.15, 0.2) is 30.3 Å². The predicted molar refractivity (Wildman–Crippen MR) is 63.6 cm³/mol. The first-order valence-corrected chi connectivity index (χ1v) is 5.74. The zero-order chi connectivity index (χ0) is 10.8. The lowest BCUT2D eigenvalue weighted by Crippen LogP contribution is -2.31.